The van der Waals surface area contributed by atoms with Crippen molar-refractivity contribution in [1.82, 2.24) is 9.88 Å². The number of benzene rings is 3. The Labute approximate surface area is 251 Å². The van der Waals surface area contributed by atoms with E-state index in [-0.39, 0.29) is 40.1 Å². The van der Waals surface area contributed by atoms with Gasteiger partial charge in [-0.25, -0.2) is 4.98 Å². The van der Waals surface area contributed by atoms with Crippen molar-refractivity contribution in [2.45, 2.75) is 20.5 Å². The normalized spacial score (nSPS) is 12.4. The Kier molecular flexibility index (Phi) is 8.42. The first-order valence-corrected chi connectivity index (χ1v) is 13.8. The topological polar surface area (TPSA) is 106 Å². The predicted octanol–water partition coefficient (Wildman–Crippen LogP) is 5.62. The number of rotatable bonds is 9. The highest BCUT2D eigenvalue weighted by atomic mass is 35.5. The van der Waals surface area contributed by atoms with Crippen LogP contribution in [0.2, 0.25) is 10.0 Å². The zero-order chi connectivity index (χ0) is 30.0. The zero-order valence-corrected chi connectivity index (χ0v) is 24.2. The lowest BCUT2D eigenvalue weighted by atomic mass is 10.1. The van der Waals surface area contributed by atoms with Gasteiger partial charge in [0, 0.05) is 21.7 Å². The third-order valence-corrected chi connectivity index (χ3v) is 7.49. The molecule has 1 aliphatic rings. The van der Waals surface area contributed by atoms with Crippen LogP contribution in [0.1, 0.15) is 38.9 Å². The molecule has 0 N–H and O–H groups in total. The van der Waals surface area contributed by atoms with Crippen molar-refractivity contribution in [3.63, 3.8) is 0 Å². The van der Waals surface area contributed by atoms with E-state index < -0.39 is 36.8 Å². The number of halogens is 2. The van der Waals surface area contributed by atoms with Gasteiger partial charge in [0.15, 0.2) is 0 Å². The number of ether oxygens (including phenoxy) is 2. The van der Waals surface area contributed by atoms with E-state index in [0.717, 1.165) is 20.9 Å². The van der Waals surface area contributed by atoms with Gasteiger partial charge in [0.25, 0.3) is 11.8 Å². The molecule has 3 amide bonds. The van der Waals surface area contributed by atoms with E-state index in [9.17, 15) is 19.2 Å². The molecule has 0 atom stereocenters. The van der Waals surface area contributed by atoms with Crippen molar-refractivity contribution in [3.05, 3.63) is 99.2 Å². The fourth-order valence-electron chi connectivity index (χ4n) is 4.66. The molecule has 42 heavy (non-hydrogen) atoms. The summed E-state index contributed by atoms with van der Waals surface area (Å²) in [6, 6.07) is 18.7. The molecule has 4 aromatic rings. The number of para-hydroxylation sites is 1. The van der Waals surface area contributed by atoms with Gasteiger partial charge in [-0.15, -0.1) is 0 Å². The van der Waals surface area contributed by atoms with Crippen LogP contribution in [0.25, 0.3) is 10.9 Å². The average Bonchev–Trinajstić information content (AvgIpc) is 3.21. The summed E-state index contributed by atoms with van der Waals surface area (Å²) < 4.78 is 11.2. The molecule has 9 nitrogen and oxygen atoms in total. The third kappa shape index (κ3) is 5.66. The molecule has 0 saturated heterocycles. The molecule has 214 valence electrons. The first-order chi connectivity index (χ1) is 20.2. The number of amides is 3. The van der Waals surface area contributed by atoms with E-state index in [0.29, 0.717) is 16.8 Å². The van der Waals surface area contributed by atoms with Crippen LogP contribution < -0.4 is 9.64 Å². The molecule has 0 saturated carbocycles. The quantitative estimate of drug-likeness (QED) is 0.180. The second kappa shape index (κ2) is 12.2. The van der Waals surface area contributed by atoms with Gasteiger partial charge in [0.05, 0.1) is 28.4 Å². The number of aryl methyl sites for hydroxylation is 1. The number of imide groups is 1. The van der Waals surface area contributed by atoms with Crippen molar-refractivity contribution >= 4 is 63.5 Å². The summed E-state index contributed by atoms with van der Waals surface area (Å²) in [5.74, 6) is -2.11. The minimum atomic E-state index is -0.720. The van der Waals surface area contributed by atoms with Gasteiger partial charge in [-0.1, -0.05) is 53.5 Å². The van der Waals surface area contributed by atoms with Gasteiger partial charge >= 0.3 is 5.97 Å². The van der Waals surface area contributed by atoms with Gasteiger partial charge in [0.2, 0.25) is 5.91 Å². The van der Waals surface area contributed by atoms with E-state index in [1.54, 1.807) is 25.1 Å². The molecule has 0 unspecified atom stereocenters. The SMILES string of the molecule is CCOC(=O)CN(C(=O)CN1C(=O)c2ccccc2C1=O)c1ccc(Cl)c(COc2cccc3ccc(C)nc23)c1Cl. The Hall–Kier alpha value is -4.47. The molecule has 3 aromatic carbocycles. The van der Waals surface area contributed by atoms with Gasteiger partial charge in [-0.05, 0) is 50.2 Å². The molecule has 0 fully saturated rings. The maximum absolute atomic E-state index is 13.6. The Morgan fingerprint density at radius 3 is 2.33 bits per heavy atom. The number of nitrogens with zero attached hydrogens (tertiary/aromatic N) is 3. The maximum atomic E-state index is 13.6. The van der Waals surface area contributed by atoms with Gasteiger partial charge < -0.3 is 9.47 Å². The van der Waals surface area contributed by atoms with Crippen molar-refractivity contribution in [1.29, 1.82) is 0 Å². The highest BCUT2D eigenvalue weighted by Crippen LogP contribution is 2.36. The van der Waals surface area contributed by atoms with Crippen LogP contribution in [-0.2, 0) is 20.9 Å². The largest absolute Gasteiger partial charge is 0.487 e. The molecule has 0 bridgehead atoms. The molecule has 2 heterocycles. The Bertz CT molecular complexity index is 1710. The van der Waals surface area contributed by atoms with E-state index in [4.69, 9.17) is 32.7 Å². The highest BCUT2D eigenvalue weighted by Gasteiger charge is 2.38. The number of aromatic nitrogens is 1. The number of carbonyl (C=O) groups is 4. The molecule has 0 aliphatic carbocycles. The number of esters is 1. The summed E-state index contributed by atoms with van der Waals surface area (Å²) in [5, 5.41) is 1.23. The number of pyridine rings is 1. The third-order valence-electron chi connectivity index (χ3n) is 6.72. The lowest BCUT2D eigenvalue weighted by Crippen LogP contribution is -2.45. The minimum absolute atomic E-state index is 0.0619. The van der Waals surface area contributed by atoms with Crippen LogP contribution in [-0.4, -0.2) is 53.3 Å². The van der Waals surface area contributed by atoms with E-state index >= 15 is 0 Å². The smallest absolute Gasteiger partial charge is 0.326 e. The van der Waals surface area contributed by atoms with Crippen molar-refractivity contribution in [2.75, 3.05) is 24.6 Å². The summed E-state index contributed by atoms with van der Waals surface area (Å²) in [7, 11) is 0. The van der Waals surface area contributed by atoms with E-state index in [1.165, 1.54) is 24.3 Å². The zero-order valence-electron chi connectivity index (χ0n) is 22.7. The molecule has 0 radical (unpaired) electrons. The highest BCUT2D eigenvalue weighted by molar-refractivity contribution is 6.38. The van der Waals surface area contributed by atoms with Crippen LogP contribution in [0.15, 0.2) is 66.7 Å². The number of fused-ring (bicyclic) bond motifs is 2. The predicted molar refractivity (Wildman–Crippen MR) is 158 cm³/mol. The van der Waals surface area contributed by atoms with Crippen molar-refractivity contribution in [3.8, 4) is 5.75 Å². The molecule has 5 rings (SSSR count). The van der Waals surface area contributed by atoms with E-state index in [2.05, 4.69) is 4.98 Å². The second-order valence-corrected chi connectivity index (χ2v) is 10.2. The first-order valence-electron chi connectivity index (χ1n) is 13.1. The Morgan fingerprint density at radius 1 is 0.929 bits per heavy atom. The second-order valence-electron chi connectivity index (χ2n) is 9.46. The fraction of sp³-hybridized carbons (Fsp3) is 0.194. The lowest BCUT2D eigenvalue weighted by Gasteiger charge is -2.26. The number of carbonyl (C=O) groups excluding carboxylic acids is 4. The van der Waals surface area contributed by atoms with Gasteiger partial charge in [0.1, 0.15) is 31.0 Å². The molecule has 0 spiro atoms. The summed E-state index contributed by atoms with van der Waals surface area (Å²) in [6.07, 6.45) is 0. The molecular weight excluding hydrogens is 581 g/mol. The van der Waals surface area contributed by atoms with Crippen LogP contribution in [0.5, 0.6) is 5.75 Å². The Morgan fingerprint density at radius 2 is 1.64 bits per heavy atom. The van der Waals surface area contributed by atoms with Crippen LogP contribution >= 0.6 is 23.2 Å². The molecular formula is C31H25Cl2N3O6. The Balaban J connectivity index is 1.45. The first kappa shape index (κ1) is 29.0. The van der Waals surface area contributed by atoms with Crippen LogP contribution in [0.4, 0.5) is 5.69 Å². The minimum Gasteiger partial charge on any atom is -0.487 e. The monoisotopic (exact) mass is 605 g/mol. The standard InChI is InChI=1S/C31H25Cl2N3O6/c1-3-41-27(38)16-35(26(37)15-36-30(39)20-8-4-5-9-21(20)31(36)40)24-14-13-23(32)22(28(24)33)17-42-25-10-6-7-19-12-11-18(2)34-29(19)25/h4-14H,3,15-17H2,1-2H3. The molecule has 1 aliphatic heterocycles. The summed E-state index contributed by atoms with van der Waals surface area (Å²) in [4.78, 5) is 58.5. The van der Waals surface area contributed by atoms with Crippen molar-refractivity contribution < 1.29 is 28.7 Å². The van der Waals surface area contributed by atoms with Gasteiger partial charge in [-0.2, -0.15) is 0 Å². The summed E-state index contributed by atoms with van der Waals surface area (Å²) >= 11 is 13.3. The molecule has 1 aromatic heterocycles. The summed E-state index contributed by atoms with van der Waals surface area (Å²) in [6.45, 7) is 2.41. The number of hydrogen-bond donors (Lipinski definition) is 0. The fourth-order valence-corrected chi connectivity index (χ4v) is 5.24. The summed E-state index contributed by atoms with van der Waals surface area (Å²) in [5.41, 5.74) is 2.40. The number of hydrogen-bond acceptors (Lipinski definition) is 7. The number of anilines is 1. The van der Waals surface area contributed by atoms with Crippen LogP contribution in [0, 0.1) is 6.92 Å². The average molecular weight is 606 g/mol. The van der Waals surface area contributed by atoms with Gasteiger partial charge in [-0.3, -0.25) is 29.0 Å². The lowest BCUT2D eigenvalue weighted by molar-refractivity contribution is -0.142. The maximum Gasteiger partial charge on any atom is 0.326 e. The van der Waals surface area contributed by atoms with Crippen molar-refractivity contribution in [2.24, 2.45) is 0 Å². The van der Waals surface area contributed by atoms with E-state index in [1.807, 2.05) is 31.2 Å². The van der Waals surface area contributed by atoms with Crippen LogP contribution in [0.3, 0.4) is 0 Å². The molecule has 11 heteroatoms.